The van der Waals surface area contributed by atoms with Gasteiger partial charge in [0.1, 0.15) is 12.1 Å². The van der Waals surface area contributed by atoms with Crippen molar-refractivity contribution in [3.63, 3.8) is 0 Å². The normalized spacial score (nSPS) is 11.5. The zero-order chi connectivity index (χ0) is 23.5. The van der Waals surface area contributed by atoms with Crippen molar-refractivity contribution < 1.29 is 4.79 Å². The number of nitrogens with zero attached hydrogens (tertiary/aromatic N) is 6. The largest absolute Gasteiger partial charge is 0.310 e. The van der Waals surface area contributed by atoms with Crippen LogP contribution in [0.1, 0.15) is 56.4 Å². The molecule has 4 rings (SSSR count). The molecule has 0 atom stereocenters. The Morgan fingerprint density at radius 3 is 2.45 bits per heavy atom. The lowest BCUT2D eigenvalue weighted by Crippen LogP contribution is -2.24. The highest BCUT2D eigenvalue weighted by Crippen LogP contribution is 2.26. The highest BCUT2D eigenvalue weighted by atomic mass is 16.2. The van der Waals surface area contributed by atoms with Gasteiger partial charge in [-0.15, -0.1) is 0 Å². The van der Waals surface area contributed by atoms with Gasteiger partial charge in [-0.05, 0) is 56.9 Å². The quantitative estimate of drug-likeness (QED) is 0.408. The Bertz CT molecular complexity index is 1280. The minimum absolute atomic E-state index is 0.0124. The van der Waals surface area contributed by atoms with Crippen molar-refractivity contribution >= 4 is 22.8 Å². The van der Waals surface area contributed by atoms with Gasteiger partial charge in [0.15, 0.2) is 11.5 Å². The monoisotopic (exact) mass is 445 g/mol. The van der Waals surface area contributed by atoms with Crippen LogP contribution in [-0.2, 0) is 4.79 Å². The topological polar surface area (TPSA) is 90.5 Å². The van der Waals surface area contributed by atoms with Crippen LogP contribution in [0.15, 0.2) is 36.8 Å². The molecular weight excluding hydrogens is 414 g/mol. The Kier molecular flexibility index (Phi) is 6.53. The Balaban J connectivity index is 1.74. The summed E-state index contributed by atoms with van der Waals surface area (Å²) in [6, 6.07) is 8.07. The number of carbonyl (C=O) groups excluding carboxylic acids is 1. The van der Waals surface area contributed by atoms with E-state index in [1.54, 1.807) is 15.6 Å². The fourth-order valence-electron chi connectivity index (χ4n) is 4.13. The first kappa shape index (κ1) is 22.6. The van der Waals surface area contributed by atoms with Crippen LogP contribution < -0.4 is 5.32 Å². The first-order valence-electron chi connectivity index (χ1n) is 11.6. The fourth-order valence-corrected chi connectivity index (χ4v) is 4.13. The number of nitrogens with one attached hydrogen (secondary N) is 1. The lowest BCUT2D eigenvalue weighted by atomic mass is 9.97. The van der Waals surface area contributed by atoms with Gasteiger partial charge in [0.2, 0.25) is 5.91 Å². The summed E-state index contributed by atoms with van der Waals surface area (Å²) in [7, 11) is 0. The highest BCUT2D eigenvalue weighted by molar-refractivity contribution is 5.92. The number of aryl methyl sites for hydroxylation is 3. The van der Waals surface area contributed by atoms with Crippen molar-refractivity contribution in [1.82, 2.24) is 29.5 Å². The van der Waals surface area contributed by atoms with E-state index < -0.39 is 0 Å². The smallest absolute Gasteiger partial charge is 0.228 e. The Morgan fingerprint density at radius 2 is 1.76 bits per heavy atom. The van der Waals surface area contributed by atoms with Crippen molar-refractivity contribution in [2.45, 2.75) is 60.3 Å². The summed E-state index contributed by atoms with van der Waals surface area (Å²) in [4.78, 5) is 22.0. The highest BCUT2D eigenvalue weighted by Gasteiger charge is 2.21. The summed E-state index contributed by atoms with van der Waals surface area (Å²) < 4.78 is 3.48. The van der Waals surface area contributed by atoms with Gasteiger partial charge in [0.25, 0.3) is 0 Å². The second-order valence-electron chi connectivity index (χ2n) is 8.61. The van der Waals surface area contributed by atoms with E-state index in [9.17, 15) is 4.79 Å². The molecule has 1 aromatic carbocycles. The minimum atomic E-state index is -0.0124. The predicted octanol–water partition coefficient (Wildman–Crippen LogP) is 5.08. The first-order valence-corrected chi connectivity index (χ1v) is 11.6. The number of amides is 1. The van der Waals surface area contributed by atoms with E-state index in [1.165, 1.54) is 17.5 Å². The first-order chi connectivity index (χ1) is 15.9. The van der Waals surface area contributed by atoms with Crippen molar-refractivity contribution in [3.8, 4) is 11.5 Å². The van der Waals surface area contributed by atoms with Gasteiger partial charge < -0.3 is 5.32 Å². The molecule has 33 heavy (non-hydrogen) atoms. The van der Waals surface area contributed by atoms with Gasteiger partial charge in [0, 0.05) is 12.0 Å². The minimum Gasteiger partial charge on any atom is -0.310 e. The third-order valence-corrected chi connectivity index (χ3v) is 6.01. The molecule has 0 unspecified atom stereocenters. The number of aromatic nitrogens is 6. The number of benzene rings is 1. The molecule has 1 amide bonds. The second-order valence-corrected chi connectivity index (χ2v) is 8.61. The van der Waals surface area contributed by atoms with Crippen molar-refractivity contribution in [2.75, 3.05) is 5.32 Å². The third kappa shape index (κ3) is 4.51. The summed E-state index contributed by atoms with van der Waals surface area (Å²) in [6.07, 6.45) is 6.94. The number of hydrogen-bond acceptors (Lipinski definition) is 5. The van der Waals surface area contributed by atoms with E-state index >= 15 is 0 Å². The number of fused-ring (bicyclic) bond motifs is 1. The van der Waals surface area contributed by atoms with E-state index in [1.807, 2.05) is 19.1 Å². The Hall–Kier alpha value is -3.55. The van der Waals surface area contributed by atoms with Gasteiger partial charge in [-0.25, -0.2) is 14.6 Å². The Labute approximate surface area is 194 Å². The maximum atomic E-state index is 13.0. The van der Waals surface area contributed by atoms with Crippen LogP contribution in [0.4, 0.5) is 5.82 Å². The molecule has 0 saturated carbocycles. The number of anilines is 1. The molecule has 0 spiro atoms. The molecule has 3 aromatic heterocycles. The van der Waals surface area contributed by atoms with Gasteiger partial charge in [-0.1, -0.05) is 32.8 Å². The molecule has 1 N–H and O–H groups in total. The lowest BCUT2D eigenvalue weighted by molar-refractivity contribution is -0.120. The average molecular weight is 446 g/mol. The van der Waals surface area contributed by atoms with Gasteiger partial charge >= 0.3 is 0 Å². The molecule has 172 valence electrons. The zero-order valence-electron chi connectivity index (χ0n) is 20.0. The van der Waals surface area contributed by atoms with Gasteiger partial charge in [-0.2, -0.15) is 14.9 Å². The maximum absolute atomic E-state index is 13.0. The molecule has 0 bridgehead atoms. The fraction of sp³-hybridized carbons (Fsp3) is 0.400. The van der Waals surface area contributed by atoms with Crippen LogP contribution >= 0.6 is 0 Å². The molecule has 0 fully saturated rings. The average Bonchev–Trinajstić information content (AvgIpc) is 3.38. The van der Waals surface area contributed by atoms with Crippen LogP contribution in [0.25, 0.3) is 22.5 Å². The summed E-state index contributed by atoms with van der Waals surface area (Å²) >= 11 is 0. The maximum Gasteiger partial charge on any atom is 0.228 e. The Morgan fingerprint density at radius 1 is 1.00 bits per heavy atom. The van der Waals surface area contributed by atoms with Crippen molar-refractivity contribution in [3.05, 3.63) is 53.6 Å². The summed E-state index contributed by atoms with van der Waals surface area (Å²) in [5, 5.41) is 13.0. The molecular formula is C25H31N7O. The second kappa shape index (κ2) is 9.52. The SMILES string of the molecule is CCCC(CCC)C(=O)Nc1cc(C)nn1-c1ncnc2c1cnn2-c1ccc(C)c(C)c1. The van der Waals surface area contributed by atoms with Crippen molar-refractivity contribution in [1.29, 1.82) is 0 Å². The zero-order valence-corrected chi connectivity index (χ0v) is 20.0. The summed E-state index contributed by atoms with van der Waals surface area (Å²) in [5.41, 5.74) is 4.82. The molecule has 8 nitrogen and oxygen atoms in total. The van der Waals surface area contributed by atoms with E-state index in [4.69, 9.17) is 0 Å². The lowest BCUT2D eigenvalue weighted by Gasteiger charge is -2.16. The van der Waals surface area contributed by atoms with Crippen LogP contribution in [0.2, 0.25) is 0 Å². The molecule has 0 aliphatic carbocycles. The third-order valence-electron chi connectivity index (χ3n) is 6.01. The van der Waals surface area contributed by atoms with Crippen LogP contribution in [0.5, 0.6) is 0 Å². The van der Waals surface area contributed by atoms with Crippen LogP contribution in [0, 0.1) is 26.7 Å². The predicted molar refractivity (Wildman–Crippen MR) is 130 cm³/mol. The van der Waals surface area contributed by atoms with Gasteiger partial charge in [-0.3, -0.25) is 4.79 Å². The molecule has 0 saturated heterocycles. The van der Waals surface area contributed by atoms with Gasteiger partial charge in [0.05, 0.1) is 23.0 Å². The molecule has 4 aromatic rings. The van der Waals surface area contributed by atoms with E-state index in [-0.39, 0.29) is 11.8 Å². The number of hydrogen-bond donors (Lipinski definition) is 1. The van der Waals surface area contributed by atoms with Crippen LogP contribution in [-0.4, -0.2) is 35.4 Å². The standard InChI is InChI=1S/C25H31N7O/c1-6-8-19(9-7-2)25(33)29-22-13-18(5)30-32(22)24-21-14-28-31(23(21)26-15-27-24)20-11-10-16(3)17(4)12-20/h10-15,19H,6-9H2,1-5H3,(H,29,33). The number of carbonyl (C=O) groups is 1. The van der Waals surface area contributed by atoms with Crippen molar-refractivity contribution in [2.24, 2.45) is 5.92 Å². The van der Waals surface area contributed by atoms with E-state index in [0.29, 0.717) is 17.3 Å². The summed E-state index contributed by atoms with van der Waals surface area (Å²) in [6.45, 7) is 10.3. The summed E-state index contributed by atoms with van der Waals surface area (Å²) in [5.74, 6) is 1.20. The molecule has 0 radical (unpaired) electrons. The van der Waals surface area contributed by atoms with Crippen LogP contribution in [0.3, 0.4) is 0 Å². The molecule has 0 aliphatic heterocycles. The number of rotatable bonds is 8. The van der Waals surface area contributed by atoms with E-state index in [2.05, 4.69) is 65.3 Å². The molecule has 3 heterocycles. The van der Waals surface area contributed by atoms with E-state index in [0.717, 1.165) is 42.5 Å². The molecule has 8 heteroatoms. The molecule has 0 aliphatic rings.